The minimum absolute atomic E-state index is 0.736. The van der Waals surface area contributed by atoms with Gasteiger partial charge in [-0.3, -0.25) is 0 Å². The van der Waals surface area contributed by atoms with E-state index in [1.165, 1.54) is 32.2 Å². The number of rotatable bonds is 6. The molecule has 0 aliphatic heterocycles. The molecule has 0 saturated heterocycles. The maximum atomic E-state index is 3.91. The van der Waals surface area contributed by atoms with E-state index >= 15 is 0 Å². The van der Waals surface area contributed by atoms with Gasteiger partial charge in [0.1, 0.15) is 0 Å². The fraction of sp³-hybridized carbons (Fsp3) is 0.857. The molecule has 0 aromatic heterocycles. The lowest BCUT2D eigenvalue weighted by atomic mass is 9.87. The van der Waals surface area contributed by atoms with Crippen molar-refractivity contribution in [1.82, 2.24) is 4.90 Å². The van der Waals surface area contributed by atoms with Crippen molar-refractivity contribution in [2.45, 2.75) is 52.0 Å². The van der Waals surface area contributed by atoms with Gasteiger partial charge in [0.2, 0.25) is 0 Å². The molecule has 1 rings (SSSR count). The molecule has 0 spiro atoms. The molecule has 1 fully saturated rings. The molecule has 0 bridgehead atoms. The molecular formula is C14H27N. The second-order valence-electron chi connectivity index (χ2n) is 5.14. The van der Waals surface area contributed by atoms with Gasteiger partial charge in [-0.25, -0.2) is 0 Å². The summed E-state index contributed by atoms with van der Waals surface area (Å²) in [5, 5.41) is 0. The summed E-state index contributed by atoms with van der Waals surface area (Å²) in [5.74, 6) is 1.81. The van der Waals surface area contributed by atoms with Gasteiger partial charge in [0, 0.05) is 6.04 Å². The number of hydrogen-bond acceptors (Lipinski definition) is 1. The molecule has 1 aliphatic carbocycles. The molecule has 0 N–H and O–H groups in total. The van der Waals surface area contributed by atoms with Crippen LogP contribution >= 0.6 is 0 Å². The van der Waals surface area contributed by atoms with Crippen LogP contribution in [0.25, 0.3) is 0 Å². The second-order valence-corrected chi connectivity index (χ2v) is 5.14. The number of nitrogens with zero attached hydrogens (tertiary/aromatic N) is 1. The van der Waals surface area contributed by atoms with Crippen molar-refractivity contribution >= 4 is 0 Å². The van der Waals surface area contributed by atoms with Gasteiger partial charge < -0.3 is 4.90 Å². The monoisotopic (exact) mass is 209 g/mol. The van der Waals surface area contributed by atoms with Crippen molar-refractivity contribution in [3.05, 3.63) is 12.7 Å². The summed E-state index contributed by atoms with van der Waals surface area (Å²) < 4.78 is 0. The fourth-order valence-electron chi connectivity index (χ4n) is 3.12. The Hall–Kier alpha value is -0.300. The Bertz CT molecular complexity index is 188. The van der Waals surface area contributed by atoms with E-state index in [1.807, 2.05) is 0 Å². The van der Waals surface area contributed by atoms with Crippen LogP contribution in [0, 0.1) is 11.8 Å². The van der Waals surface area contributed by atoms with Crippen LogP contribution in [0.1, 0.15) is 46.0 Å². The third-order valence-corrected chi connectivity index (χ3v) is 3.97. The molecule has 0 aromatic rings. The van der Waals surface area contributed by atoms with E-state index in [1.54, 1.807) is 0 Å². The van der Waals surface area contributed by atoms with E-state index in [9.17, 15) is 0 Å². The average molecular weight is 209 g/mol. The summed E-state index contributed by atoms with van der Waals surface area (Å²) in [4.78, 5) is 2.55. The van der Waals surface area contributed by atoms with Gasteiger partial charge in [0.15, 0.2) is 0 Å². The molecule has 88 valence electrons. The van der Waals surface area contributed by atoms with Crippen molar-refractivity contribution in [2.24, 2.45) is 11.8 Å². The molecule has 1 heteroatoms. The molecule has 15 heavy (non-hydrogen) atoms. The Balaban J connectivity index is 2.58. The third kappa shape index (κ3) is 3.34. The Labute approximate surface area is 95.5 Å². The highest BCUT2D eigenvalue weighted by Gasteiger charge is 2.31. The maximum absolute atomic E-state index is 3.91. The maximum Gasteiger partial charge on any atom is 0.0157 e. The van der Waals surface area contributed by atoms with Crippen LogP contribution in [0.15, 0.2) is 12.7 Å². The smallest absolute Gasteiger partial charge is 0.0157 e. The van der Waals surface area contributed by atoms with Crippen molar-refractivity contribution in [2.75, 3.05) is 13.6 Å². The molecule has 3 atom stereocenters. The first-order valence-corrected chi connectivity index (χ1v) is 6.51. The molecule has 3 unspecified atom stereocenters. The van der Waals surface area contributed by atoms with E-state index in [2.05, 4.69) is 38.5 Å². The normalized spacial score (nSPS) is 28.3. The van der Waals surface area contributed by atoms with Crippen molar-refractivity contribution < 1.29 is 0 Å². The van der Waals surface area contributed by atoms with Gasteiger partial charge in [0.25, 0.3) is 0 Å². The van der Waals surface area contributed by atoms with Gasteiger partial charge in [-0.05, 0) is 44.7 Å². The van der Waals surface area contributed by atoms with Gasteiger partial charge in [0.05, 0.1) is 0 Å². The third-order valence-electron chi connectivity index (χ3n) is 3.97. The van der Waals surface area contributed by atoms with E-state index in [0.29, 0.717) is 0 Å². The largest absolute Gasteiger partial charge is 0.303 e. The molecule has 0 radical (unpaired) electrons. The summed E-state index contributed by atoms with van der Waals surface area (Å²) in [6.07, 6.45) is 8.80. The average Bonchev–Trinajstić information content (AvgIpc) is 2.61. The summed E-state index contributed by atoms with van der Waals surface area (Å²) in [6, 6.07) is 0.736. The first-order valence-electron chi connectivity index (χ1n) is 6.51. The number of hydrogen-bond donors (Lipinski definition) is 0. The first kappa shape index (κ1) is 12.8. The molecule has 0 amide bonds. The highest BCUT2D eigenvalue weighted by atomic mass is 15.1. The molecule has 1 saturated carbocycles. The topological polar surface area (TPSA) is 3.24 Å². The van der Waals surface area contributed by atoms with Crippen molar-refractivity contribution in [3.8, 4) is 0 Å². The molecule has 0 heterocycles. The van der Waals surface area contributed by atoms with Crippen LogP contribution in [-0.2, 0) is 0 Å². The molecule has 1 nitrogen and oxygen atoms in total. The lowest BCUT2D eigenvalue weighted by molar-refractivity contribution is 0.153. The van der Waals surface area contributed by atoms with Crippen LogP contribution in [0.5, 0.6) is 0 Å². The zero-order valence-corrected chi connectivity index (χ0v) is 10.7. The highest BCUT2D eigenvalue weighted by molar-refractivity contribution is 4.89. The molecular weight excluding hydrogens is 182 g/mol. The Kier molecular flexibility index (Phi) is 5.38. The van der Waals surface area contributed by atoms with Crippen LogP contribution in [-0.4, -0.2) is 24.5 Å². The summed E-state index contributed by atoms with van der Waals surface area (Å²) in [7, 11) is 2.28. The zero-order valence-electron chi connectivity index (χ0n) is 10.7. The van der Waals surface area contributed by atoms with Crippen LogP contribution < -0.4 is 0 Å². The standard InChI is InChI=1S/C14H27N/c1-5-8-14(15(4)11-6-2)13-10-7-9-12(13)3/h5,12-14H,1,6-11H2,2-4H3. The lowest BCUT2D eigenvalue weighted by Gasteiger charge is -2.34. The molecule has 0 aromatic carbocycles. The predicted molar refractivity (Wildman–Crippen MR) is 68.0 cm³/mol. The Morgan fingerprint density at radius 1 is 1.47 bits per heavy atom. The quantitative estimate of drug-likeness (QED) is 0.603. The zero-order chi connectivity index (χ0) is 11.3. The van der Waals surface area contributed by atoms with Gasteiger partial charge in [-0.1, -0.05) is 32.8 Å². The highest BCUT2D eigenvalue weighted by Crippen LogP contribution is 2.36. The minimum atomic E-state index is 0.736. The van der Waals surface area contributed by atoms with E-state index in [4.69, 9.17) is 0 Å². The van der Waals surface area contributed by atoms with E-state index < -0.39 is 0 Å². The minimum Gasteiger partial charge on any atom is -0.303 e. The molecule has 1 aliphatic rings. The van der Waals surface area contributed by atoms with Gasteiger partial charge in [-0.2, -0.15) is 0 Å². The first-order chi connectivity index (χ1) is 7.20. The van der Waals surface area contributed by atoms with Gasteiger partial charge in [-0.15, -0.1) is 6.58 Å². The second kappa shape index (κ2) is 6.32. The van der Waals surface area contributed by atoms with E-state index in [0.717, 1.165) is 24.3 Å². The Morgan fingerprint density at radius 2 is 2.20 bits per heavy atom. The van der Waals surface area contributed by atoms with Crippen LogP contribution in [0.4, 0.5) is 0 Å². The van der Waals surface area contributed by atoms with Crippen LogP contribution in [0.3, 0.4) is 0 Å². The van der Waals surface area contributed by atoms with Crippen molar-refractivity contribution in [1.29, 1.82) is 0 Å². The summed E-state index contributed by atoms with van der Waals surface area (Å²) in [5.41, 5.74) is 0. The van der Waals surface area contributed by atoms with Gasteiger partial charge >= 0.3 is 0 Å². The SMILES string of the molecule is C=CCC(C1CCCC1C)N(C)CCC. The predicted octanol–water partition coefficient (Wildman–Crippen LogP) is 3.71. The summed E-state index contributed by atoms with van der Waals surface area (Å²) >= 11 is 0. The fourth-order valence-corrected chi connectivity index (χ4v) is 3.12. The van der Waals surface area contributed by atoms with E-state index in [-0.39, 0.29) is 0 Å². The van der Waals surface area contributed by atoms with Crippen molar-refractivity contribution in [3.63, 3.8) is 0 Å². The van der Waals surface area contributed by atoms with Crippen LogP contribution in [0.2, 0.25) is 0 Å². The lowest BCUT2D eigenvalue weighted by Crippen LogP contribution is -2.39. The summed E-state index contributed by atoms with van der Waals surface area (Å²) in [6.45, 7) is 9.82. The Morgan fingerprint density at radius 3 is 2.67 bits per heavy atom.